The van der Waals surface area contributed by atoms with E-state index in [4.69, 9.17) is 14.2 Å². The van der Waals surface area contributed by atoms with Gasteiger partial charge in [-0.25, -0.2) is 0 Å². The topological polar surface area (TPSA) is 99.1 Å². The summed E-state index contributed by atoms with van der Waals surface area (Å²) in [4.78, 5) is 38.7. The average Bonchev–Trinajstić information content (AvgIpc) is 2.58. The Balaban J connectivity index is 2.60. The molecule has 1 N–H and O–H groups in total. The molecule has 0 heterocycles. The summed E-state index contributed by atoms with van der Waals surface area (Å²) in [6.07, 6.45) is -1.17. The molecular weight excluding hydrogens is 376 g/mol. The molecule has 160 valence electrons. The smallest absolute Gasteiger partial charge is 0.317 e. The Kier molecular flexibility index (Phi) is 7.06. The van der Waals surface area contributed by atoms with Crippen molar-refractivity contribution < 1.29 is 33.7 Å². The third kappa shape index (κ3) is 5.15. The Labute approximate surface area is 171 Å². The molecule has 0 aliphatic heterocycles. The van der Waals surface area contributed by atoms with Gasteiger partial charge >= 0.3 is 11.9 Å². The van der Waals surface area contributed by atoms with Crippen molar-refractivity contribution in [1.82, 2.24) is 0 Å². The monoisotopic (exact) mass is 406 g/mol. The van der Waals surface area contributed by atoms with Crippen LogP contribution in [0.2, 0.25) is 0 Å². The van der Waals surface area contributed by atoms with Gasteiger partial charge in [0, 0.05) is 12.3 Å². The predicted molar refractivity (Wildman–Crippen MR) is 105 cm³/mol. The summed E-state index contributed by atoms with van der Waals surface area (Å²) in [5.41, 5.74) is -1.11. The van der Waals surface area contributed by atoms with Crippen molar-refractivity contribution in [3.8, 4) is 5.75 Å². The first-order valence-corrected chi connectivity index (χ1v) is 9.78. The van der Waals surface area contributed by atoms with Crippen molar-refractivity contribution in [3.05, 3.63) is 29.8 Å². The second kappa shape index (κ2) is 8.95. The van der Waals surface area contributed by atoms with Crippen molar-refractivity contribution >= 4 is 17.7 Å². The number of rotatable bonds is 6. The van der Waals surface area contributed by atoms with Gasteiger partial charge in [-0.15, -0.1) is 0 Å². The number of hydrogen-bond acceptors (Lipinski definition) is 7. The van der Waals surface area contributed by atoms with Gasteiger partial charge in [-0.2, -0.15) is 0 Å². The molecule has 1 aromatic carbocycles. The summed E-state index contributed by atoms with van der Waals surface area (Å²) in [5.74, 6) is -4.48. The number of Topliss-reactive ketones (excluding diaryl/α,β-unsaturated/α-hetero) is 1. The molecule has 7 nitrogen and oxygen atoms in total. The maximum absolute atomic E-state index is 13.0. The Hall–Kier alpha value is -2.41. The molecular formula is C22H30O7. The first-order chi connectivity index (χ1) is 13.5. The van der Waals surface area contributed by atoms with E-state index < -0.39 is 53.3 Å². The molecule has 0 radical (unpaired) electrons. The van der Waals surface area contributed by atoms with Crippen molar-refractivity contribution in [1.29, 1.82) is 0 Å². The maximum atomic E-state index is 13.0. The van der Waals surface area contributed by atoms with Crippen LogP contribution >= 0.6 is 0 Å². The Bertz CT molecular complexity index is 741. The molecule has 1 aliphatic carbocycles. The van der Waals surface area contributed by atoms with E-state index in [1.807, 2.05) is 0 Å². The van der Waals surface area contributed by atoms with Crippen molar-refractivity contribution in [2.45, 2.75) is 64.8 Å². The molecule has 0 aromatic heterocycles. The second-order valence-corrected chi connectivity index (χ2v) is 8.23. The largest absolute Gasteiger partial charge is 0.497 e. The lowest BCUT2D eigenvalue weighted by molar-refractivity contribution is -0.176. The van der Waals surface area contributed by atoms with Crippen LogP contribution in [0.1, 0.15) is 52.5 Å². The Morgan fingerprint density at radius 3 is 2.03 bits per heavy atom. The molecule has 0 saturated heterocycles. The minimum atomic E-state index is -1.66. The van der Waals surface area contributed by atoms with Crippen LogP contribution < -0.4 is 4.74 Å². The number of esters is 2. The molecule has 1 fully saturated rings. The van der Waals surface area contributed by atoms with Gasteiger partial charge in [0.25, 0.3) is 0 Å². The number of carbonyl (C=O) groups excluding carboxylic acids is 3. The highest BCUT2D eigenvalue weighted by Gasteiger charge is 2.57. The molecule has 7 heteroatoms. The number of aliphatic hydroxyl groups is 1. The molecule has 1 aliphatic rings. The summed E-state index contributed by atoms with van der Waals surface area (Å²) in [6.45, 7) is 8.21. The normalized spacial score (nSPS) is 27.1. The third-order valence-corrected chi connectivity index (χ3v) is 4.98. The number of carbonyl (C=O) groups is 3. The molecule has 29 heavy (non-hydrogen) atoms. The van der Waals surface area contributed by atoms with E-state index in [0.29, 0.717) is 11.3 Å². The highest BCUT2D eigenvalue weighted by molar-refractivity contribution is 6.02. The van der Waals surface area contributed by atoms with Crippen LogP contribution in [0.3, 0.4) is 0 Å². The lowest BCUT2D eigenvalue weighted by Crippen LogP contribution is -2.55. The van der Waals surface area contributed by atoms with E-state index in [1.165, 1.54) is 14.0 Å². The molecule has 0 spiro atoms. The van der Waals surface area contributed by atoms with Crippen LogP contribution in [0, 0.1) is 11.8 Å². The van der Waals surface area contributed by atoms with Crippen LogP contribution in [0.25, 0.3) is 0 Å². The number of benzene rings is 1. The quantitative estimate of drug-likeness (QED) is 0.573. The van der Waals surface area contributed by atoms with Gasteiger partial charge in [0.1, 0.15) is 11.7 Å². The van der Waals surface area contributed by atoms with E-state index >= 15 is 0 Å². The van der Waals surface area contributed by atoms with Gasteiger partial charge in [0.15, 0.2) is 5.78 Å². The number of ketones is 1. The van der Waals surface area contributed by atoms with Crippen molar-refractivity contribution in [2.24, 2.45) is 11.8 Å². The molecule has 1 saturated carbocycles. The van der Waals surface area contributed by atoms with Gasteiger partial charge in [-0.3, -0.25) is 14.4 Å². The summed E-state index contributed by atoms with van der Waals surface area (Å²) >= 11 is 0. The zero-order valence-corrected chi connectivity index (χ0v) is 17.8. The summed E-state index contributed by atoms with van der Waals surface area (Å²) in [6, 6.07) is 6.73. The van der Waals surface area contributed by atoms with E-state index in [1.54, 1.807) is 52.0 Å². The summed E-state index contributed by atoms with van der Waals surface area (Å²) < 4.78 is 15.9. The van der Waals surface area contributed by atoms with Crippen LogP contribution in [-0.4, -0.2) is 47.7 Å². The van der Waals surface area contributed by atoms with Gasteiger partial charge in [0.05, 0.1) is 30.8 Å². The Morgan fingerprint density at radius 1 is 1.03 bits per heavy atom. The van der Waals surface area contributed by atoms with Gasteiger partial charge in [-0.05, 0) is 52.3 Å². The van der Waals surface area contributed by atoms with Crippen LogP contribution in [0.4, 0.5) is 0 Å². The summed E-state index contributed by atoms with van der Waals surface area (Å²) in [5, 5.41) is 11.0. The fraction of sp³-hybridized carbons (Fsp3) is 0.591. The lowest BCUT2D eigenvalue weighted by Gasteiger charge is -2.44. The average molecular weight is 406 g/mol. The van der Waals surface area contributed by atoms with Crippen molar-refractivity contribution in [3.63, 3.8) is 0 Å². The molecule has 4 atom stereocenters. The van der Waals surface area contributed by atoms with Gasteiger partial charge in [-0.1, -0.05) is 12.1 Å². The first kappa shape index (κ1) is 22.9. The van der Waals surface area contributed by atoms with E-state index in [2.05, 4.69) is 0 Å². The second-order valence-electron chi connectivity index (χ2n) is 8.23. The lowest BCUT2D eigenvalue weighted by atomic mass is 9.61. The zero-order chi connectivity index (χ0) is 21.9. The minimum Gasteiger partial charge on any atom is -0.497 e. The van der Waals surface area contributed by atoms with Crippen LogP contribution in [0.5, 0.6) is 5.75 Å². The molecule has 0 bridgehead atoms. The number of hydrogen-bond donors (Lipinski definition) is 1. The maximum Gasteiger partial charge on any atom is 0.317 e. The van der Waals surface area contributed by atoms with Crippen LogP contribution in [0.15, 0.2) is 24.3 Å². The standard InChI is InChI=1S/C22H30O7/c1-12(2)28-20(24)18-16(23)11-22(5,26)19(21(25)29-13(3)4)17(18)14-7-9-15(27-6)10-8-14/h7-10,12-13,17-19,26H,11H2,1-6H3/t17-,18-,19+,22-/m0/s1. The third-order valence-electron chi connectivity index (χ3n) is 4.98. The fourth-order valence-electron chi connectivity index (χ4n) is 3.85. The SMILES string of the molecule is COc1ccc([C@H]2[C@@H](C(=O)OC(C)C)C(=O)C[C@](C)(O)[C@H]2C(=O)OC(C)C)cc1. The Morgan fingerprint density at radius 2 is 1.55 bits per heavy atom. The fourth-order valence-corrected chi connectivity index (χ4v) is 3.85. The predicted octanol–water partition coefficient (Wildman–Crippen LogP) is 2.64. The molecule has 1 aromatic rings. The molecule has 0 unspecified atom stereocenters. The zero-order valence-electron chi connectivity index (χ0n) is 17.8. The first-order valence-electron chi connectivity index (χ1n) is 9.78. The van der Waals surface area contributed by atoms with E-state index in [0.717, 1.165) is 0 Å². The van der Waals surface area contributed by atoms with Crippen LogP contribution in [-0.2, 0) is 23.9 Å². The van der Waals surface area contributed by atoms with E-state index in [9.17, 15) is 19.5 Å². The number of ether oxygens (including phenoxy) is 3. The molecule has 0 amide bonds. The number of methoxy groups -OCH3 is 1. The van der Waals surface area contributed by atoms with E-state index in [-0.39, 0.29) is 6.42 Å². The van der Waals surface area contributed by atoms with Gasteiger partial charge < -0.3 is 19.3 Å². The summed E-state index contributed by atoms with van der Waals surface area (Å²) in [7, 11) is 1.52. The molecule has 2 rings (SSSR count). The highest BCUT2D eigenvalue weighted by Crippen LogP contribution is 2.47. The van der Waals surface area contributed by atoms with Gasteiger partial charge in [0.2, 0.25) is 0 Å². The van der Waals surface area contributed by atoms with Crippen molar-refractivity contribution in [2.75, 3.05) is 7.11 Å². The minimum absolute atomic E-state index is 0.338. The highest BCUT2D eigenvalue weighted by atomic mass is 16.5.